The van der Waals surface area contributed by atoms with Crippen molar-refractivity contribution in [3.05, 3.63) is 35.9 Å². The van der Waals surface area contributed by atoms with Crippen molar-refractivity contribution in [1.82, 2.24) is 5.32 Å². The van der Waals surface area contributed by atoms with Gasteiger partial charge < -0.3 is 15.2 Å². The number of ether oxygens (including phenoxy) is 1. The summed E-state index contributed by atoms with van der Waals surface area (Å²) in [6.07, 6.45) is -5.83. The zero-order chi connectivity index (χ0) is 15.0. The summed E-state index contributed by atoms with van der Waals surface area (Å²) in [4.78, 5) is 11.3. The molecule has 0 saturated carbocycles. The van der Waals surface area contributed by atoms with Crippen LogP contribution in [0.2, 0.25) is 0 Å². The Morgan fingerprint density at radius 2 is 1.95 bits per heavy atom. The molecule has 0 aromatic heterocycles. The van der Waals surface area contributed by atoms with E-state index < -0.39 is 37.8 Å². The Kier molecular flexibility index (Phi) is 6.30. The highest BCUT2D eigenvalue weighted by Crippen LogP contribution is 2.27. The van der Waals surface area contributed by atoms with Crippen molar-refractivity contribution < 1.29 is 27.8 Å². The second kappa shape index (κ2) is 7.74. The van der Waals surface area contributed by atoms with Crippen LogP contribution in [-0.4, -0.2) is 30.5 Å². The summed E-state index contributed by atoms with van der Waals surface area (Å²) in [6.45, 7) is -1.22. The van der Waals surface area contributed by atoms with Crippen LogP contribution in [0, 0.1) is 5.92 Å². The minimum atomic E-state index is -4.46. The third kappa shape index (κ3) is 5.92. The van der Waals surface area contributed by atoms with Gasteiger partial charge in [0.25, 0.3) is 0 Å². The van der Waals surface area contributed by atoms with Crippen LogP contribution in [-0.2, 0) is 11.3 Å². The van der Waals surface area contributed by atoms with Gasteiger partial charge in [0.1, 0.15) is 6.61 Å². The lowest BCUT2D eigenvalue weighted by atomic mass is 10.1. The molecule has 0 saturated heterocycles. The SMILES string of the molecule is O=C(NCC(CCO)C(F)(F)F)OCc1ccccc1. The summed E-state index contributed by atoms with van der Waals surface area (Å²) in [5.74, 6) is -1.78. The van der Waals surface area contributed by atoms with Crippen molar-refractivity contribution >= 4 is 6.09 Å². The summed E-state index contributed by atoms with van der Waals surface area (Å²) >= 11 is 0. The van der Waals surface area contributed by atoms with Gasteiger partial charge in [-0.15, -0.1) is 0 Å². The molecule has 1 atom stereocenters. The van der Waals surface area contributed by atoms with Gasteiger partial charge in [0.05, 0.1) is 5.92 Å². The molecule has 0 spiro atoms. The predicted molar refractivity (Wildman–Crippen MR) is 65.9 cm³/mol. The average molecular weight is 291 g/mol. The first kappa shape index (κ1) is 16.3. The molecule has 20 heavy (non-hydrogen) atoms. The number of carbonyl (C=O) groups is 1. The fraction of sp³-hybridized carbons (Fsp3) is 0.462. The molecule has 1 amide bonds. The molecular formula is C13H16F3NO3. The molecule has 1 aromatic rings. The van der Waals surface area contributed by atoms with E-state index in [4.69, 9.17) is 9.84 Å². The maximum Gasteiger partial charge on any atom is 0.407 e. The number of carbonyl (C=O) groups excluding carboxylic acids is 1. The number of aliphatic hydroxyl groups excluding tert-OH is 1. The van der Waals surface area contributed by atoms with Crippen molar-refractivity contribution in [2.75, 3.05) is 13.2 Å². The molecule has 2 N–H and O–H groups in total. The molecule has 112 valence electrons. The lowest BCUT2D eigenvalue weighted by Gasteiger charge is -2.19. The first-order chi connectivity index (χ1) is 9.43. The molecule has 7 heteroatoms. The van der Waals surface area contributed by atoms with Gasteiger partial charge in [-0.05, 0) is 12.0 Å². The lowest BCUT2D eigenvalue weighted by molar-refractivity contribution is -0.176. The standard InChI is InChI=1S/C13H16F3NO3/c14-13(15,16)11(6-7-18)8-17-12(19)20-9-10-4-2-1-3-5-10/h1-5,11,18H,6-9H2,(H,17,19). The van der Waals surface area contributed by atoms with Crippen molar-refractivity contribution in [2.24, 2.45) is 5.92 Å². The van der Waals surface area contributed by atoms with E-state index in [1.165, 1.54) is 0 Å². The van der Waals surface area contributed by atoms with E-state index in [-0.39, 0.29) is 6.61 Å². The average Bonchev–Trinajstić information content (AvgIpc) is 2.41. The highest BCUT2D eigenvalue weighted by Gasteiger charge is 2.39. The van der Waals surface area contributed by atoms with Gasteiger partial charge in [-0.1, -0.05) is 30.3 Å². The summed E-state index contributed by atoms with van der Waals surface area (Å²) in [5.41, 5.74) is 0.741. The van der Waals surface area contributed by atoms with E-state index in [2.05, 4.69) is 5.32 Å². The topological polar surface area (TPSA) is 58.6 Å². The number of benzene rings is 1. The van der Waals surface area contributed by atoms with E-state index >= 15 is 0 Å². The molecular weight excluding hydrogens is 275 g/mol. The molecule has 0 aliphatic heterocycles. The first-order valence-electron chi connectivity index (χ1n) is 6.05. The molecule has 0 aliphatic rings. The number of hydrogen-bond donors (Lipinski definition) is 2. The summed E-state index contributed by atoms with van der Waals surface area (Å²) in [5, 5.41) is 10.6. The number of hydrogen-bond acceptors (Lipinski definition) is 3. The smallest absolute Gasteiger partial charge is 0.407 e. The van der Waals surface area contributed by atoms with Crippen molar-refractivity contribution in [3.8, 4) is 0 Å². The highest BCUT2D eigenvalue weighted by atomic mass is 19.4. The fourth-order valence-corrected chi connectivity index (χ4v) is 1.52. The molecule has 0 bridgehead atoms. The van der Waals surface area contributed by atoms with Crippen LogP contribution in [0.4, 0.5) is 18.0 Å². The van der Waals surface area contributed by atoms with Crippen LogP contribution in [0.15, 0.2) is 30.3 Å². The van der Waals surface area contributed by atoms with Gasteiger partial charge in [-0.2, -0.15) is 13.2 Å². The zero-order valence-corrected chi connectivity index (χ0v) is 10.7. The summed E-state index contributed by atoms with van der Waals surface area (Å²) in [6, 6.07) is 8.79. The number of rotatable bonds is 6. The van der Waals surface area contributed by atoms with Crippen LogP contribution < -0.4 is 5.32 Å². The molecule has 0 aliphatic carbocycles. The number of amides is 1. The van der Waals surface area contributed by atoms with Crippen molar-refractivity contribution in [3.63, 3.8) is 0 Å². The molecule has 0 heterocycles. The Morgan fingerprint density at radius 1 is 1.30 bits per heavy atom. The van der Waals surface area contributed by atoms with E-state index in [0.717, 1.165) is 5.56 Å². The quantitative estimate of drug-likeness (QED) is 0.846. The molecule has 0 radical (unpaired) electrons. The lowest BCUT2D eigenvalue weighted by Crippen LogP contribution is -2.37. The number of halogens is 3. The Morgan fingerprint density at radius 3 is 2.50 bits per heavy atom. The van der Waals surface area contributed by atoms with Gasteiger partial charge in [-0.3, -0.25) is 0 Å². The minimum absolute atomic E-state index is 0.0106. The molecule has 1 unspecified atom stereocenters. The maximum absolute atomic E-state index is 12.5. The third-order valence-corrected chi connectivity index (χ3v) is 2.65. The van der Waals surface area contributed by atoms with E-state index in [0.29, 0.717) is 0 Å². The van der Waals surface area contributed by atoms with Crippen LogP contribution in [0.3, 0.4) is 0 Å². The first-order valence-corrected chi connectivity index (χ1v) is 6.05. The van der Waals surface area contributed by atoms with E-state index in [1.807, 2.05) is 0 Å². The Bertz CT molecular complexity index is 409. The van der Waals surface area contributed by atoms with Crippen LogP contribution in [0.25, 0.3) is 0 Å². The van der Waals surface area contributed by atoms with Crippen LogP contribution >= 0.6 is 0 Å². The number of alkyl carbamates (subject to hydrolysis) is 1. The second-order valence-electron chi connectivity index (χ2n) is 4.19. The Balaban J connectivity index is 2.35. The highest BCUT2D eigenvalue weighted by molar-refractivity contribution is 5.67. The Hall–Kier alpha value is -1.76. The third-order valence-electron chi connectivity index (χ3n) is 2.65. The normalized spacial score (nSPS) is 12.8. The van der Waals surface area contributed by atoms with Gasteiger partial charge in [0.15, 0.2) is 0 Å². The van der Waals surface area contributed by atoms with E-state index in [9.17, 15) is 18.0 Å². The van der Waals surface area contributed by atoms with Gasteiger partial charge in [0.2, 0.25) is 0 Å². The van der Waals surface area contributed by atoms with E-state index in [1.54, 1.807) is 30.3 Å². The number of alkyl halides is 3. The van der Waals surface area contributed by atoms with Crippen molar-refractivity contribution in [1.29, 1.82) is 0 Å². The largest absolute Gasteiger partial charge is 0.445 e. The minimum Gasteiger partial charge on any atom is -0.445 e. The molecule has 0 fully saturated rings. The molecule has 1 rings (SSSR count). The van der Waals surface area contributed by atoms with Gasteiger partial charge >= 0.3 is 12.3 Å². The predicted octanol–water partition coefficient (Wildman–Crippen LogP) is 2.47. The van der Waals surface area contributed by atoms with Gasteiger partial charge in [0, 0.05) is 13.2 Å². The summed E-state index contributed by atoms with van der Waals surface area (Å²) in [7, 11) is 0. The fourth-order valence-electron chi connectivity index (χ4n) is 1.52. The zero-order valence-electron chi connectivity index (χ0n) is 10.7. The molecule has 1 aromatic carbocycles. The van der Waals surface area contributed by atoms with Crippen molar-refractivity contribution in [2.45, 2.75) is 19.2 Å². The van der Waals surface area contributed by atoms with Crippen LogP contribution in [0.1, 0.15) is 12.0 Å². The second-order valence-corrected chi connectivity index (χ2v) is 4.19. The molecule has 4 nitrogen and oxygen atoms in total. The summed E-state index contributed by atoms with van der Waals surface area (Å²) < 4.78 is 42.3. The Labute approximate surface area is 114 Å². The maximum atomic E-state index is 12.5. The van der Waals surface area contributed by atoms with Crippen LogP contribution in [0.5, 0.6) is 0 Å². The number of aliphatic hydroxyl groups is 1. The van der Waals surface area contributed by atoms with Gasteiger partial charge in [-0.25, -0.2) is 4.79 Å². The monoisotopic (exact) mass is 291 g/mol. The number of nitrogens with one attached hydrogen (secondary N) is 1.